The summed E-state index contributed by atoms with van der Waals surface area (Å²) in [7, 11) is 1.98. The first kappa shape index (κ1) is 20.6. The normalized spacial score (nSPS) is 22.3. The van der Waals surface area contributed by atoms with E-state index >= 15 is 0 Å². The van der Waals surface area contributed by atoms with Crippen LogP contribution in [0.5, 0.6) is 0 Å². The number of likely N-dealkylation sites (N-methyl/N-ethyl adjacent to an activating group) is 1. The molecule has 1 aliphatic rings. The van der Waals surface area contributed by atoms with Gasteiger partial charge in [0.15, 0.2) is 0 Å². The molecule has 0 radical (unpaired) electrons. The van der Waals surface area contributed by atoms with Crippen molar-refractivity contribution in [3.8, 4) is 0 Å². The first-order valence-electron chi connectivity index (χ1n) is 6.61. The van der Waals surface area contributed by atoms with Gasteiger partial charge in [0.25, 0.3) is 0 Å². The van der Waals surface area contributed by atoms with E-state index in [-0.39, 0.29) is 24.8 Å². The van der Waals surface area contributed by atoms with E-state index in [0.717, 1.165) is 23.6 Å². The molecular weight excluding hydrogens is 317 g/mol. The van der Waals surface area contributed by atoms with Gasteiger partial charge in [-0.3, -0.25) is 4.90 Å². The summed E-state index contributed by atoms with van der Waals surface area (Å²) in [6.45, 7) is 7.46. The number of ether oxygens (including phenoxy) is 1. The van der Waals surface area contributed by atoms with Crippen molar-refractivity contribution in [1.29, 1.82) is 0 Å². The summed E-state index contributed by atoms with van der Waals surface area (Å²) in [5.41, 5.74) is 1.16. The Labute approximate surface area is 138 Å². The maximum atomic E-state index is 10.5. The molecule has 21 heavy (non-hydrogen) atoms. The number of halogens is 2. The summed E-state index contributed by atoms with van der Waals surface area (Å²) in [5, 5.41) is 17.7. The summed E-state index contributed by atoms with van der Waals surface area (Å²) >= 11 is 0. The van der Waals surface area contributed by atoms with Crippen molar-refractivity contribution in [2.75, 3.05) is 39.9 Å². The SMILES string of the molecule is Cc1noc(C)c1CN(C)CC1(O)CNCCOC1.Cl.Cl. The zero-order valence-electron chi connectivity index (χ0n) is 12.7. The van der Waals surface area contributed by atoms with Crippen LogP contribution in [0.1, 0.15) is 17.0 Å². The average Bonchev–Trinajstić information content (AvgIpc) is 2.55. The van der Waals surface area contributed by atoms with Crippen LogP contribution < -0.4 is 5.32 Å². The molecule has 124 valence electrons. The monoisotopic (exact) mass is 341 g/mol. The Morgan fingerprint density at radius 2 is 2.10 bits per heavy atom. The highest BCUT2D eigenvalue weighted by atomic mass is 35.5. The first-order valence-corrected chi connectivity index (χ1v) is 6.61. The molecule has 1 aliphatic heterocycles. The van der Waals surface area contributed by atoms with E-state index in [1.165, 1.54) is 0 Å². The second-order valence-corrected chi connectivity index (χ2v) is 5.43. The van der Waals surface area contributed by atoms with Crippen LogP contribution in [0, 0.1) is 13.8 Å². The van der Waals surface area contributed by atoms with Crippen molar-refractivity contribution in [3.63, 3.8) is 0 Å². The van der Waals surface area contributed by atoms with Crippen LogP contribution in [-0.4, -0.2) is 60.7 Å². The smallest absolute Gasteiger partial charge is 0.138 e. The molecule has 0 amide bonds. The van der Waals surface area contributed by atoms with Crippen molar-refractivity contribution in [2.24, 2.45) is 0 Å². The van der Waals surface area contributed by atoms with Crippen molar-refractivity contribution in [2.45, 2.75) is 26.0 Å². The summed E-state index contributed by atoms with van der Waals surface area (Å²) in [6.07, 6.45) is 0. The minimum Gasteiger partial charge on any atom is -0.385 e. The molecule has 1 aromatic rings. The van der Waals surface area contributed by atoms with Crippen LogP contribution >= 0.6 is 24.8 Å². The van der Waals surface area contributed by atoms with Crippen LogP contribution in [0.25, 0.3) is 0 Å². The highest BCUT2D eigenvalue weighted by Gasteiger charge is 2.30. The minimum atomic E-state index is -0.843. The topological polar surface area (TPSA) is 70.8 Å². The number of β-amino-alcohol motifs (C(OH)–C–C–N with tert-alkyl or cyclic N) is 1. The quantitative estimate of drug-likeness (QED) is 0.848. The van der Waals surface area contributed by atoms with Gasteiger partial charge in [0, 0.05) is 31.7 Å². The first-order chi connectivity index (χ1) is 9.00. The molecule has 8 heteroatoms. The highest BCUT2D eigenvalue weighted by Crippen LogP contribution is 2.16. The standard InChI is InChI=1S/C13H23N3O3.2ClH/c1-10-12(11(2)19-15-10)6-16(3)8-13(17)7-14-4-5-18-9-13;;/h14,17H,4-9H2,1-3H3;2*1H. The Kier molecular flexibility index (Phi) is 8.77. The van der Waals surface area contributed by atoms with Crippen LogP contribution in [0.3, 0.4) is 0 Å². The van der Waals surface area contributed by atoms with Crippen LogP contribution in [0.2, 0.25) is 0 Å². The van der Waals surface area contributed by atoms with E-state index < -0.39 is 5.60 Å². The fraction of sp³-hybridized carbons (Fsp3) is 0.769. The summed E-state index contributed by atoms with van der Waals surface area (Å²) in [5.74, 6) is 0.839. The van der Waals surface area contributed by atoms with Gasteiger partial charge in [-0.1, -0.05) is 5.16 Å². The van der Waals surface area contributed by atoms with Crippen LogP contribution in [0.15, 0.2) is 4.52 Å². The van der Waals surface area contributed by atoms with Gasteiger partial charge in [0.1, 0.15) is 11.4 Å². The summed E-state index contributed by atoms with van der Waals surface area (Å²) < 4.78 is 10.6. The molecule has 1 atom stereocenters. The number of nitrogens with one attached hydrogen (secondary N) is 1. The van der Waals surface area contributed by atoms with E-state index in [2.05, 4.69) is 15.4 Å². The highest BCUT2D eigenvalue weighted by molar-refractivity contribution is 5.85. The van der Waals surface area contributed by atoms with Gasteiger partial charge in [0.2, 0.25) is 0 Å². The lowest BCUT2D eigenvalue weighted by molar-refractivity contribution is -0.0462. The molecule has 6 nitrogen and oxygen atoms in total. The number of aromatic nitrogens is 1. The molecule has 1 aromatic heterocycles. The Hall–Kier alpha value is -0.370. The third-order valence-electron chi connectivity index (χ3n) is 3.42. The molecule has 0 spiro atoms. The van der Waals surface area contributed by atoms with Crippen LogP contribution in [0.4, 0.5) is 0 Å². The van der Waals surface area contributed by atoms with Crippen molar-refractivity contribution in [1.82, 2.24) is 15.4 Å². The molecule has 2 N–H and O–H groups in total. The Morgan fingerprint density at radius 1 is 1.38 bits per heavy atom. The van der Waals surface area contributed by atoms with Crippen LogP contribution in [-0.2, 0) is 11.3 Å². The molecule has 1 fully saturated rings. The largest absolute Gasteiger partial charge is 0.385 e. The van der Waals surface area contributed by atoms with Gasteiger partial charge in [-0.2, -0.15) is 0 Å². The Bertz CT molecular complexity index is 401. The van der Waals surface area contributed by atoms with Crippen molar-refractivity contribution < 1.29 is 14.4 Å². The summed E-state index contributed by atoms with van der Waals surface area (Å²) in [4.78, 5) is 2.07. The third-order valence-corrected chi connectivity index (χ3v) is 3.42. The maximum Gasteiger partial charge on any atom is 0.138 e. The average molecular weight is 342 g/mol. The molecule has 2 rings (SSSR count). The lowest BCUT2D eigenvalue weighted by Gasteiger charge is -2.30. The second-order valence-electron chi connectivity index (χ2n) is 5.43. The molecule has 0 aliphatic carbocycles. The number of hydrogen-bond donors (Lipinski definition) is 2. The van der Waals surface area contributed by atoms with Gasteiger partial charge >= 0.3 is 0 Å². The molecular formula is C13H25Cl2N3O3. The number of nitrogens with zero attached hydrogens (tertiary/aromatic N) is 2. The minimum absolute atomic E-state index is 0. The van der Waals surface area contributed by atoms with E-state index in [9.17, 15) is 5.11 Å². The van der Waals surface area contributed by atoms with Crippen molar-refractivity contribution in [3.05, 3.63) is 17.0 Å². The summed E-state index contributed by atoms with van der Waals surface area (Å²) in [6, 6.07) is 0. The Morgan fingerprint density at radius 3 is 2.71 bits per heavy atom. The second kappa shape index (κ2) is 8.92. The molecule has 0 aromatic carbocycles. The van der Waals surface area contributed by atoms with Gasteiger partial charge in [-0.15, -0.1) is 24.8 Å². The van der Waals surface area contributed by atoms with Gasteiger partial charge in [-0.05, 0) is 20.9 Å². The predicted molar refractivity (Wildman–Crippen MR) is 85.4 cm³/mol. The van der Waals surface area contributed by atoms with E-state index in [1.54, 1.807) is 0 Å². The van der Waals surface area contributed by atoms with Gasteiger partial charge in [0.05, 0.1) is 18.9 Å². The van der Waals surface area contributed by atoms with Gasteiger partial charge in [-0.25, -0.2) is 0 Å². The fourth-order valence-electron chi connectivity index (χ4n) is 2.44. The van der Waals surface area contributed by atoms with E-state index in [1.807, 2.05) is 20.9 Å². The van der Waals surface area contributed by atoms with Gasteiger partial charge < -0.3 is 19.7 Å². The zero-order chi connectivity index (χ0) is 13.9. The molecule has 0 bridgehead atoms. The molecule has 0 saturated carbocycles. The lowest BCUT2D eigenvalue weighted by Crippen LogP contribution is -2.50. The Balaban J connectivity index is 0.00000200. The van der Waals surface area contributed by atoms with E-state index in [4.69, 9.17) is 9.26 Å². The number of aliphatic hydroxyl groups is 1. The number of rotatable bonds is 4. The molecule has 1 unspecified atom stereocenters. The number of hydrogen-bond acceptors (Lipinski definition) is 6. The zero-order valence-corrected chi connectivity index (χ0v) is 14.4. The number of aryl methyl sites for hydroxylation is 2. The third kappa shape index (κ3) is 5.73. The predicted octanol–water partition coefficient (Wildman–Crippen LogP) is 0.918. The molecule has 1 saturated heterocycles. The maximum absolute atomic E-state index is 10.5. The molecule has 2 heterocycles. The van der Waals surface area contributed by atoms with Crippen molar-refractivity contribution >= 4 is 24.8 Å². The fourth-order valence-corrected chi connectivity index (χ4v) is 2.44. The lowest BCUT2D eigenvalue weighted by atomic mass is 10.0. The van der Waals surface area contributed by atoms with E-state index in [0.29, 0.717) is 32.8 Å².